The first-order valence-corrected chi connectivity index (χ1v) is 9.87. The fraction of sp³-hybridized carbons (Fsp3) is 0.304. The lowest BCUT2D eigenvalue weighted by Gasteiger charge is -2.34. The van der Waals surface area contributed by atoms with Crippen molar-refractivity contribution < 1.29 is 4.79 Å². The van der Waals surface area contributed by atoms with Crippen LogP contribution in [0.25, 0.3) is 22.4 Å². The van der Waals surface area contributed by atoms with Gasteiger partial charge in [0, 0.05) is 56.1 Å². The molecule has 1 aromatic heterocycles. The molecular weight excluding hydrogens is 348 g/mol. The van der Waals surface area contributed by atoms with Crippen molar-refractivity contribution in [3.05, 3.63) is 66.4 Å². The van der Waals surface area contributed by atoms with Crippen LogP contribution in [0.15, 0.2) is 60.8 Å². The Morgan fingerprint density at radius 1 is 0.929 bits per heavy atom. The molecule has 0 saturated carbocycles. The molecule has 0 aliphatic carbocycles. The molecule has 4 rings (SSSR count). The van der Waals surface area contributed by atoms with Crippen molar-refractivity contribution in [1.82, 2.24) is 19.6 Å². The number of benzene rings is 2. The van der Waals surface area contributed by atoms with E-state index in [2.05, 4.69) is 29.1 Å². The SMILES string of the molecule is CCN1CCN(C(=O)c2ccc(-c3cn(C)nc3-c3ccccc3)cc2)CC1. The molecule has 3 aromatic rings. The minimum absolute atomic E-state index is 0.122. The zero-order valence-corrected chi connectivity index (χ0v) is 16.5. The summed E-state index contributed by atoms with van der Waals surface area (Å²) in [6.07, 6.45) is 2.03. The Kier molecular flexibility index (Phi) is 5.26. The molecule has 0 N–H and O–H groups in total. The molecule has 5 heteroatoms. The molecule has 1 aliphatic rings. The van der Waals surface area contributed by atoms with Gasteiger partial charge in [0.1, 0.15) is 5.69 Å². The molecular formula is C23H26N4O. The second-order valence-electron chi connectivity index (χ2n) is 7.23. The predicted octanol–water partition coefficient (Wildman–Crippen LogP) is 3.53. The van der Waals surface area contributed by atoms with Crippen molar-refractivity contribution in [2.75, 3.05) is 32.7 Å². The van der Waals surface area contributed by atoms with Gasteiger partial charge in [0.2, 0.25) is 0 Å². The molecule has 1 amide bonds. The first kappa shape index (κ1) is 18.4. The van der Waals surface area contributed by atoms with Gasteiger partial charge >= 0.3 is 0 Å². The van der Waals surface area contributed by atoms with Crippen LogP contribution in [0.1, 0.15) is 17.3 Å². The summed E-state index contributed by atoms with van der Waals surface area (Å²) in [4.78, 5) is 17.2. The summed E-state index contributed by atoms with van der Waals surface area (Å²) in [6, 6.07) is 18.1. The number of aryl methyl sites for hydroxylation is 1. The predicted molar refractivity (Wildman–Crippen MR) is 112 cm³/mol. The fourth-order valence-corrected chi connectivity index (χ4v) is 3.75. The van der Waals surface area contributed by atoms with Crippen LogP contribution in [0.4, 0.5) is 0 Å². The number of hydrogen-bond acceptors (Lipinski definition) is 3. The second-order valence-corrected chi connectivity index (χ2v) is 7.23. The van der Waals surface area contributed by atoms with Crippen molar-refractivity contribution in [3.63, 3.8) is 0 Å². The number of rotatable bonds is 4. The highest BCUT2D eigenvalue weighted by Crippen LogP contribution is 2.31. The molecule has 0 atom stereocenters. The molecule has 1 saturated heterocycles. The van der Waals surface area contributed by atoms with E-state index in [-0.39, 0.29) is 5.91 Å². The Morgan fingerprint density at radius 3 is 2.25 bits per heavy atom. The molecule has 5 nitrogen and oxygen atoms in total. The zero-order valence-electron chi connectivity index (χ0n) is 16.5. The molecule has 1 aliphatic heterocycles. The lowest BCUT2D eigenvalue weighted by Crippen LogP contribution is -2.48. The summed E-state index contributed by atoms with van der Waals surface area (Å²) in [7, 11) is 1.93. The quantitative estimate of drug-likeness (QED) is 0.701. The standard InChI is InChI=1S/C23H26N4O/c1-3-26-13-15-27(16-14-26)23(28)20-11-9-18(10-12-20)21-17-25(2)24-22(21)19-7-5-4-6-8-19/h4-12,17H,3,13-16H2,1-2H3. The Hall–Kier alpha value is -2.92. The van der Waals surface area contributed by atoms with Gasteiger partial charge in [0.15, 0.2) is 0 Å². The largest absolute Gasteiger partial charge is 0.336 e. The van der Waals surface area contributed by atoms with Crippen LogP contribution in [0.3, 0.4) is 0 Å². The maximum atomic E-state index is 12.8. The van der Waals surface area contributed by atoms with E-state index < -0.39 is 0 Å². The van der Waals surface area contributed by atoms with E-state index >= 15 is 0 Å². The van der Waals surface area contributed by atoms with Gasteiger partial charge < -0.3 is 9.80 Å². The van der Waals surface area contributed by atoms with Crippen molar-refractivity contribution in [2.24, 2.45) is 7.05 Å². The highest BCUT2D eigenvalue weighted by atomic mass is 16.2. The van der Waals surface area contributed by atoms with Gasteiger partial charge in [-0.3, -0.25) is 9.48 Å². The number of aromatic nitrogens is 2. The van der Waals surface area contributed by atoms with Gasteiger partial charge in [0.25, 0.3) is 5.91 Å². The van der Waals surface area contributed by atoms with E-state index in [1.54, 1.807) is 0 Å². The van der Waals surface area contributed by atoms with Crippen molar-refractivity contribution >= 4 is 5.91 Å². The minimum Gasteiger partial charge on any atom is -0.336 e. The Bertz CT molecular complexity index is 938. The number of likely N-dealkylation sites (N-methyl/N-ethyl adjacent to an activating group) is 1. The number of nitrogens with zero attached hydrogens (tertiary/aromatic N) is 4. The lowest BCUT2D eigenvalue weighted by atomic mass is 10.0. The molecule has 144 valence electrons. The van der Waals surface area contributed by atoms with E-state index in [0.717, 1.165) is 60.7 Å². The summed E-state index contributed by atoms with van der Waals surface area (Å²) in [6.45, 7) is 6.72. The number of carbonyl (C=O) groups is 1. The van der Waals surface area contributed by atoms with Gasteiger partial charge in [-0.1, -0.05) is 49.4 Å². The molecule has 2 heterocycles. The van der Waals surface area contributed by atoms with E-state index in [4.69, 9.17) is 0 Å². The first-order chi connectivity index (χ1) is 13.7. The van der Waals surface area contributed by atoms with Crippen LogP contribution in [0.5, 0.6) is 0 Å². The van der Waals surface area contributed by atoms with E-state index in [0.29, 0.717) is 0 Å². The number of amides is 1. The second kappa shape index (κ2) is 7.98. The Balaban J connectivity index is 1.55. The highest BCUT2D eigenvalue weighted by molar-refractivity contribution is 5.95. The molecule has 2 aromatic carbocycles. The Labute approximate surface area is 166 Å². The zero-order chi connectivity index (χ0) is 19.5. The van der Waals surface area contributed by atoms with E-state index in [1.165, 1.54) is 0 Å². The summed E-state index contributed by atoms with van der Waals surface area (Å²) >= 11 is 0. The van der Waals surface area contributed by atoms with Crippen LogP contribution in [-0.2, 0) is 7.05 Å². The lowest BCUT2D eigenvalue weighted by molar-refractivity contribution is 0.0643. The maximum Gasteiger partial charge on any atom is 0.253 e. The number of hydrogen-bond donors (Lipinski definition) is 0. The molecule has 0 radical (unpaired) electrons. The van der Waals surface area contributed by atoms with E-state index in [9.17, 15) is 4.79 Å². The van der Waals surface area contributed by atoms with Gasteiger partial charge in [-0.05, 0) is 24.2 Å². The summed E-state index contributed by atoms with van der Waals surface area (Å²) < 4.78 is 1.84. The fourth-order valence-electron chi connectivity index (χ4n) is 3.75. The summed E-state index contributed by atoms with van der Waals surface area (Å²) in [5.74, 6) is 0.122. The third-order valence-corrected chi connectivity index (χ3v) is 5.43. The molecule has 0 bridgehead atoms. The van der Waals surface area contributed by atoms with Gasteiger partial charge in [0.05, 0.1) is 0 Å². The van der Waals surface area contributed by atoms with Crippen molar-refractivity contribution in [1.29, 1.82) is 0 Å². The average molecular weight is 374 g/mol. The van der Waals surface area contributed by atoms with Crippen LogP contribution in [0.2, 0.25) is 0 Å². The number of carbonyl (C=O) groups excluding carboxylic acids is 1. The normalized spacial score (nSPS) is 15.0. The monoisotopic (exact) mass is 374 g/mol. The van der Waals surface area contributed by atoms with Gasteiger partial charge in [-0.15, -0.1) is 0 Å². The minimum atomic E-state index is 0.122. The molecule has 1 fully saturated rings. The van der Waals surface area contributed by atoms with Crippen LogP contribution >= 0.6 is 0 Å². The van der Waals surface area contributed by atoms with Gasteiger partial charge in [-0.2, -0.15) is 5.10 Å². The van der Waals surface area contributed by atoms with Crippen LogP contribution in [-0.4, -0.2) is 58.2 Å². The molecule has 28 heavy (non-hydrogen) atoms. The summed E-state index contributed by atoms with van der Waals surface area (Å²) in [5.41, 5.74) is 4.94. The van der Waals surface area contributed by atoms with Crippen molar-refractivity contribution in [3.8, 4) is 22.4 Å². The summed E-state index contributed by atoms with van der Waals surface area (Å²) in [5, 5.41) is 4.64. The van der Waals surface area contributed by atoms with Crippen LogP contribution in [0, 0.1) is 0 Å². The van der Waals surface area contributed by atoms with E-state index in [1.807, 2.05) is 65.3 Å². The number of piperazine rings is 1. The first-order valence-electron chi connectivity index (χ1n) is 9.87. The topological polar surface area (TPSA) is 41.4 Å². The highest BCUT2D eigenvalue weighted by Gasteiger charge is 2.21. The average Bonchev–Trinajstić information content (AvgIpc) is 3.16. The smallest absolute Gasteiger partial charge is 0.253 e. The molecule has 0 spiro atoms. The maximum absolute atomic E-state index is 12.8. The van der Waals surface area contributed by atoms with Crippen LogP contribution < -0.4 is 0 Å². The van der Waals surface area contributed by atoms with Gasteiger partial charge in [-0.25, -0.2) is 0 Å². The third-order valence-electron chi connectivity index (χ3n) is 5.43. The molecule has 0 unspecified atom stereocenters. The Morgan fingerprint density at radius 2 is 1.61 bits per heavy atom. The van der Waals surface area contributed by atoms with Crippen molar-refractivity contribution in [2.45, 2.75) is 6.92 Å². The third kappa shape index (κ3) is 3.71.